The number of likely N-dealkylation sites (N-methyl/N-ethyl adjacent to an activating group) is 1. The van der Waals surface area contributed by atoms with Crippen molar-refractivity contribution in [3.63, 3.8) is 0 Å². The van der Waals surface area contributed by atoms with Gasteiger partial charge < -0.3 is 9.80 Å². The summed E-state index contributed by atoms with van der Waals surface area (Å²) in [4.78, 5) is 33.3. The van der Waals surface area contributed by atoms with Crippen LogP contribution in [-0.2, 0) is 9.59 Å². The maximum atomic E-state index is 12.8. The molecule has 1 aliphatic heterocycles. The Morgan fingerprint density at radius 1 is 1.32 bits per heavy atom. The number of nitrogens with one attached hydrogen (secondary N) is 1. The number of aromatic nitrogens is 5. The standard InChI is InChI=1S/C19H27N7O2/c1-13(26-10-4-8-20-26)19(28)24(2)12-16(27)25-9-3-5-15(11-25)18-21-17(22-23-18)14-6-7-14/h4,8,10,13-15H,3,5-7,9,11-12H2,1-2H3,(H,21,22,23). The number of piperidine rings is 1. The molecule has 0 bridgehead atoms. The summed E-state index contributed by atoms with van der Waals surface area (Å²) >= 11 is 0. The highest BCUT2D eigenvalue weighted by atomic mass is 16.2. The number of amides is 2. The van der Waals surface area contributed by atoms with Crippen molar-refractivity contribution in [2.45, 2.75) is 50.5 Å². The molecule has 2 amide bonds. The molecular formula is C19H27N7O2. The number of hydrogen-bond acceptors (Lipinski definition) is 5. The SMILES string of the molecule is CC(C(=O)N(C)CC(=O)N1CCCC(c2n[nH]c(C3CC3)n2)C1)n1cccn1. The van der Waals surface area contributed by atoms with Gasteiger partial charge in [-0.3, -0.25) is 19.4 Å². The van der Waals surface area contributed by atoms with Crippen molar-refractivity contribution in [3.8, 4) is 0 Å². The average molecular weight is 385 g/mol. The Kier molecular flexibility index (Phi) is 5.15. The van der Waals surface area contributed by atoms with Crippen LogP contribution in [0.2, 0.25) is 0 Å². The van der Waals surface area contributed by atoms with Crippen molar-refractivity contribution < 1.29 is 9.59 Å². The van der Waals surface area contributed by atoms with Gasteiger partial charge in [0, 0.05) is 44.4 Å². The van der Waals surface area contributed by atoms with E-state index in [-0.39, 0.29) is 24.3 Å². The van der Waals surface area contributed by atoms with Gasteiger partial charge in [-0.15, -0.1) is 0 Å². The van der Waals surface area contributed by atoms with Crippen LogP contribution >= 0.6 is 0 Å². The Labute approximate surface area is 164 Å². The fraction of sp³-hybridized carbons (Fsp3) is 0.632. The third-order valence-corrected chi connectivity index (χ3v) is 5.65. The zero-order chi connectivity index (χ0) is 19.7. The maximum absolute atomic E-state index is 12.8. The minimum atomic E-state index is -0.434. The summed E-state index contributed by atoms with van der Waals surface area (Å²) in [6.45, 7) is 3.18. The van der Waals surface area contributed by atoms with Crippen molar-refractivity contribution in [3.05, 3.63) is 30.1 Å². The highest BCUT2D eigenvalue weighted by Gasteiger charge is 2.32. The number of carbonyl (C=O) groups is 2. The van der Waals surface area contributed by atoms with Crippen molar-refractivity contribution in [2.24, 2.45) is 0 Å². The quantitative estimate of drug-likeness (QED) is 0.808. The van der Waals surface area contributed by atoms with Gasteiger partial charge in [0.2, 0.25) is 11.8 Å². The van der Waals surface area contributed by atoms with E-state index in [2.05, 4.69) is 20.3 Å². The molecule has 2 atom stereocenters. The number of nitrogens with zero attached hydrogens (tertiary/aromatic N) is 6. The van der Waals surface area contributed by atoms with Gasteiger partial charge in [-0.2, -0.15) is 10.2 Å². The summed E-state index contributed by atoms with van der Waals surface area (Å²) in [5.41, 5.74) is 0. The second-order valence-electron chi connectivity index (χ2n) is 7.89. The Morgan fingerprint density at radius 2 is 2.14 bits per heavy atom. The third kappa shape index (κ3) is 3.93. The van der Waals surface area contributed by atoms with Gasteiger partial charge in [-0.1, -0.05) is 0 Å². The van der Waals surface area contributed by atoms with Gasteiger partial charge in [0.15, 0.2) is 5.82 Å². The third-order valence-electron chi connectivity index (χ3n) is 5.65. The molecule has 9 heteroatoms. The number of hydrogen-bond donors (Lipinski definition) is 1. The zero-order valence-corrected chi connectivity index (χ0v) is 16.4. The van der Waals surface area contributed by atoms with Crippen LogP contribution in [0.25, 0.3) is 0 Å². The fourth-order valence-corrected chi connectivity index (χ4v) is 3.75. The molecule has 1 aliphatic carbocycles. The van der Waals surface area contributed by atoms with Crippen LogP contribution in [0, 0.1) is 0 Å². The predicted octanol–water partition coefficient (Wildman–Crippen LogP) is 1.30. The van der Waals surface area contributed by atoms with Crippen LogP contribution in [0.5, 0.6) is 0 Å². The lowest BCUT2D eigenvalue weighted by molar-refractivity contribution is -0.141. The van der Waals surface area contributed by atoms with Gasteiger partial charge in [0.05, 0.1) is 6.54 Å². The highest BCUT2D eigenvalue weighted by molar-refractivity contribution is 5.86. The van der Waals surface area contributed by atoms with Crippen LogP contribution in [0.15, 0.2) is 18.5 Å². The van der Waals surface area contributed by atoms with Crippen molar-refractivity contribution in [2.75, 3.05) is 26.7 Å². The van der Waals surface area contributed by atoms with Crippen molar-refractivity contribution in [1.29, 1.82) is 0 Å². The summed E-state index contributed by atoms with van der Waals surface area (Å²) in [6.07, 6.45) is 7.66. The maximum Gasteiger partial charge on any atom is 0.247 e. The first kappa shape index (κ1) is 18.6. The molecule has 2 fully saturated rings. The van der Waals surface area contributed by atoms with Crippen LogP contribution in [0.3, 0.4) is 0 Å². The zero-order valence-electron chi connectivity index (χ0n) is 16.4. The molecular weight excluding hydrogens is 358 g/mol. The second-order valence-corrected chi connectivity index (χ2v) is 7.89. The van der Waals surface area contributed by atoms with E-state index in [1.165, 1.54) is 17.7 Å². The van der Waals surface area contributed by atoms with Gasteiger partial charge in [0.25, 0.3) is 0 Å². The lowest BCUT2D eigenvalue weighted by Gasteiger charge is -2.33. The number of aromatic amines is 1. The van der Waals surface area contributed by atoms with E-state index in [1.54, 1.807) is 37.1 Å². The summed E-state index contributed by atoms with van der Waals surface area (Å²) in [5.74, 6) is 2.33. The molecule has 0 radical (unpaired) electrons. The summed E-state index contributed by atoms with van der Waals surface area (Å²) in [6, 6.07) is 1.34. The van der Waals surface area contributed by atoms with E-state index in [0.29, 0.717) is 19.0 Å². The first-order valence-electron chi connectivity index (χ1n) is 9.97. The summed E-state index contributed by atoms with van der Waals surface area (Å²) in [7, 11) is 1.67. The van der Waals surface area contributed by atoms with E-state index in [4.69, 9.17) is 0 Å². The first-order chi connectivity index (χ1) is 13.5. The minimum absolute atomic E-state index is 0.0360. The van der Waals surface area contributed by atoms with Gasteiger partial charge in [-0.25, -0.2) is 4.98 Å². The largest absolute Gasteiger partial charge is 0.340 e. The van der Waals surface area contributed by atoms with Crippen LogP contribution < -0.4 is 0 Å². The molecule has 1 saturated carbocycles. The van der Waals surface area contributed by atoms with Crippen LogP contribution in [0.4, 0.5) is 0 Å². The van der Waals surface area contributed by atoms with Crippen LogP contribution in [0.1, 0.15) is 62.1 Å². The number of H-pyrrole nitrogens is 1. The van der Waals surface area contributed by atoms with E-state index in [0.717, 1.165) is 24.5 Å². The predicted molar refractivity (Wildman–Crippen MR) is 101 cm³/mol. The van der Waals surface area contributed by atoms with E-state index >= 15 is 0 Å². The Morgan fingerprint density at radius 3 is 2.86 bits per heavy atom. The molecule has 9 nitrogen and oxygen atoms in total. The highest BCUT2D eigenvalue weighted by Crippen LogP contribution is 2.38. The molecule has 0 spiro atoms. The second kappa shape index (κ2) is 7.73. The average Bonchev–Trinajstić information content (AvgIpc) is 3.21. The molecule has 3 heterocycles. The molecule has 1 saturated heterocycles. The number of carbonyl (C=O) groups excluding carboxylic acids is 2. The number of rotatable bonds is 6. The normalized spacial score (nSPS) is 20.8. The van der Waals surface area contributed by atoms with Gasteiger partial charge >= 0.3 is 0 Å². The molecule has 28 heavy (non-hydrogen) atoms. The molecule has 0 aromatic carbocycles. The van der Waals surface area contributed by atoms with E-state index in [1.807, 2.05) is 4.90 Å². The Bertz CT molecular complexity index is 827. The Hall–Kier alpha value is -2.71. The molecule has 4 rings (SSSR count). The fourth-order valence-electron chi connectivity index (χ4n) is 3.75. The molecule has 2 unspecified atom stereocenters. The molecule has 150 valence electrons. The molecule has 2 aromatic heterocycles. The van der Waals surface area contributed by atoms with Gasteiger partial charge in [-0.05, 0) is 38.7 Å². The lowest BCUT2D eigenvalue weighted by Crippen LogP contribution is -2.46. The monoisotopic (exact) mass is 385 g/mol. The summed E-state index contributed by atoms with van der Waals surface area (Å²) in [5, 5.41) is 11.6. The lowest BCUT2D eigenvalue weighted by atomic mass is 9.97. The minimum Gasteiger partial charge on any atom is -0.340 e. The van der Waals surface area contributed by atoms with Crippen LogP contribution in [-0.4, -0.2) is 73.3 Å². The summed E-state index contributed by atoms with van der Waals surface area (Å²) < 4.78 is 1.60. The van der Waals surface area contributed by atoms with Gasteiger partial charge in [0.1, 0.15) is 11.9 Å². The van der Waals surface area contributed by atoms with Crippen molar-refractivity contribution in [1.82, 2.24) is 34.8 Å². The van der Waals surface area contributed by atoms with Crippen molar-refractivity contribution >= 4 is 11.8 Å². The topological polar surface area (TPSA) is 100 Å². The number of likely N-dealkylation sites (tertiary alicyclic amines) is 1. The Balaban J connectivity index is 1.33. The first-order valence-corrected chi connectivity index (χ1v) is 9.97. The van der Waals surface area contributed by atoms with E-state index < -0.39 is 6.04 Å². The smallest absolute Gasteiger partial charge is 0.247 e. The molecule has 2 aromatic rings. The molecule has 2 aliphatic rings. The van der Waals surface area contributed by atoms with E-state index in [9.17, 15) is 9.59 Å². The molecule has 1 N–H and O–H groups in total.